The minimum atomic E-state index is -0.502. The van der Waals surface area contributed by atoms with Crippen molar-refractivity contribution >= 4 is 22.4 Å². The first kappa shape index (κ1) is 13.4. The Morgan fingerprint density at radius 1 is 1.26 bits per heavy atom. The summed E-state index contributed by atoms with van der Waals surface area (Å²) in [4.78, 5) is 11.9. The Labute approximate surface area is 112 Å². The van der Waals surface area contributed by atoms with E-state index in [2.05, 4.69) is 5.32 Å². The number of hydrogen-bond acceptors (Lipinski definition) is 3. The molecule has 0 fully saturated rings. The number of benzene rings is 2. The third-order valence-corrected chi connectivity index (χ3v) is 3.09. The number of nitrogens with two attached hydrogens (primary N) is 1. The smallest absolute Gasteiger partial charge is 0.241 e. The molecule has 0 aromatic heterocycles. The number of hydrogen-bond donors (Lipinski definition) is 3. The molecule has 0 radical (unpaired) electrons. The third-order valence-electron chi connectivity index (χ3n) is 3.09. The summed E-state index contributed by atoms with van der Waals surface area (Å²) in [6.07, 6.45) is 1.52. The van der Waals surface area contributed by atoms with Gasteiger partial charge in [0.1, 0.15) is 5.75 Å². The Balaban J connectivity index is 2.31. The standard InChI is InChI=1S/C15H18N2O2/c1-2-5-12(16)15(19)17-13-8-3-7-11-10(13)6-4-9-14(11)18/h3-4,6-9,12,18H,2,5,16H2,1H3,(H,17,19)/t12-/m0/s1. The fourth-order valence-corrected chi connectivity index (χ4v) is 2.07. The molecule has 0 spiro atoms. The second-order valence-corrected chi connectivity index (χ2v) is 4.56. The van der Waals surface area contributed by atoms with Crippen LogP contribution < -0.4 is 11.1 Å². The molecule has 0 aliphatic heterocycles. The second kappa shape index (κ2) is 5.71. The highest BCUT2D eigenvalue weighted by atomic mass is 16.3. The molecule has 2 aromatic carbocycles. The van der Waals surface area contributed by atoms with Crippen LogP contribution in [0.5, 0.6) is 5.75 Å². The number of anilines is 1. The summed E-state index contributed by atoms with van der Waals surface area (Å²) in [5.41, 5.74) is 6.46. The van der Waals surface area contributed by atoms with Gasteiger partial charge in [0.2, 0.25) is 5.91 Å². The molecule has 2 rings (SSSR count). The van der Waals surface area contributed by atoms with Crippen molar-refractivity contribution in [2.75, 3.05) is 5.32 Å². The van der Waals surface area contributed by atoms with Crippen molar-refractivity contribution in [2.45, 2.75) is 25.8 Å². The van der Waals surface area contributed by atoms with Gasteiger partial charge in [0.25, 0.3) is 0 Å². The highest BCUT2D eigenvalue weighted by Crippen LogP contribution is 2.29. The molecule has 4 N–H and O–H groups in total. The Morgan fingerprint density at radius 3 is 2.68 bits per heavy atom. The average molecular weight is 258 g/mol. The van der Waals surface area contributed by atoms with Crippen LogP contribution in [0.15, 0.2) is 36.4 Å². The van der Waals surface area contributed by atoms with Crippen LogP contribution in [0.1, 0.15) is 19.8 Å². The van der Waals surface area contributed by atoms with Gasteiger partial charge in [0.15, 0.2) is 0 Å². The molecule has 0 bridgehead atoms. The number of nitrogens with one attached hydrogen (secondary N) is 1. The molecular weight excluding hydrogens is 240 g/mol. The lowest BCUT2D eigenvalue weighted by Crippen LogP contribution is -2.35. The monoisotopic (exact) mass is 258 g/mol. The summed E-state index contributed by atoms with van der Waals surface area (Å²) in [5.74, 6) is 0.00384. The van der Waals surface area contributed by atoms with Crippen LogP contribution in [0.2, 0.25) is 0 Å². The summed E-state index contributed by atoms with van der Waals surface area (Å²) in [6, 6.07) is 10.1. The van der Waals surface area contributed by atoms with Crippen LogP contribution >= 0.6 is 0 Å². The topological polar surface area (TPSA) is 75.4 Å². The van der Waals surface area contributed by atoms with E-state index >= 15 is 0 Å². The van der Waals surface area contributed by atoms with Crippen LogP contribution in [-0.4, -0.2) is 17.1 Å². The largest absolute Gasteiger partial charge is 0.507 e. The summed E-state index contributed by atoms with van der Waals surface area (Å²) in [6.45, 7) is 1.99. The molecule has 4 nitrogen and oxygen atoms in total. The molecule has 100 valence electrons. The highest BCUT2D eigenvalue weighted by Gasteiger charge is 2.13. The van der Waals surface area contributed by atoms with Crippen LogP contribution in [0.25, 0.3) is 10.8 Å². The number of rotatable bonds is 4. The van der Waals surface area contributed by atoms with E-state index < -0.39 is 6.04 Å². The minimum Gasteiger partial charge on any atom is -0.507 e. The maximum Gasteiger partial charge on any atom is 0.241 e. The molecular formula is C15H18N2O2. The van der Waals surface area contributed by atoms with E-state index in [1.54, 1.807) is 24.3 Å². The molecule has 0 unspecified atom stereocenters. The molecule has 0 aliphatic carbocycles. The predicted octanol–water partition coefficient (Wildman–Crippen LogP) is 2.61. The van der Waals surface area contributed by atoms with Crippen molar-refractivity contribution in [3.05, 3.63) is 36.4 Å². The summed E-state index contributed by atoms with van der Waals surface area (Å²) < 4.78 is 0. The molecule has 1 atom stereocenters. The summed E-state index contributed by atoms with van der Waals surface area (Å²) in [7, 11) is 0. The molecule has 19 heavy (non-hydrogen) atoms. The molecule has 2 aromatic rings. The van der Waals surface area contributed by atoms with Crippen LogP contribution in [0.4, 0.5) is 5.69 Å². The molecule has 0 aliphatic rings. The molecule has 0 saturated heterocycles. The van der Waals surface area contributed by atoms with E-state index in [1.165, 1.54) is 0 Å². The van der Waals surface area contributed by atoms with Gasteiger partial charge in [0.05, 0.1) is 6.04 Å². The lowest BCUT2D eigenvalue weighted by molar-refractivity contribution is -0.117. The van der Waals surface area contributed by atoms with Gasteiger partial charge in [-0.05, 0) is 18.6 Å². The Bertz CT molecular complexity index is 596. The van der Waals surface area contributed by atoms with E-state index in [4.69, 9.17) is 5.73 Å². The minimum absolute atomic E-state index is 0.197. The van der Waals surface area contributed by atoms with Gasteiger partial charge in [-0.15, -0.1) is 0 Å². The van der Waals surface area contributed by atoms with Gasteiger partial charge in [-0.2, -0.15) is 0 Å². The first-order chi connectivity index (χ1) is 9.13. The van der Waals surface area contributed by atoms with Crippen molar-refractivity contribution in [1.82, 2.24) is 0 Å². The van der Waals surface area contributed by atoms with Gasteiger partial charge in [-0.25, -0.2) is 0 Å². The number of carbonyl (C=O) groups is 1. The van der Waals surface area contributed by atoms with E-state index in [1.807, 2.05) is 19.1 Å². The van der Waals surface area contributed by atoms with E-state index in [9.17, 15) is 9.90 Å². The Hall–Kier alpha value is -2.07. The van der Waals surface area contributed by atoms with Crippen LogP contribution in [0, 0.1) is 0 Å². The first-order valence-corrected chi connectivity index (χ1v) is 6.40. The van der Waals surface area contributed by atoms with Gasteiger partial charge in [-0.1, -0.05) is 37.6 Å². The summed E-state index contributed by atoms with van der Waals surface area (Å²) >= 11 is 0. The molecule has 0 saturated carbocycles. The van der Waals surface area contributed by atoms with Gasteiger partial charge < -0.3 is 16.2 Å². The zero-order chi connectivity index (χ0) is 13.8. The number of phenolic OH excluding ortho intramolecular Hbond substituents is 1. The molecule has 0 heterocycles. The zero-order valence-electron chi connectivity index (χ0n) is 10.9. The number of amides is 1. The lowest BCUT2D eigenvalue weighted by Gasteiger charge is -2.13. The fraction of sp³-hybridized carbons (Fsp3) is 0.267. The van der Waals surface area contributed by atoms with E-state index in [-0.39, 0.29) is 11.7 Å². The molecule has 4 heteroatoms. The van der Waals surface area contributed by atoms with Gasteiger partial charge >= 0.3 is 0 Å². The number of carbonyl (C=O) groups excluding carboxylic acids is 1. The second-order valence-electron chi connectivity index (χ2n) is 4.56. The van der Waals surface area contributed by atoms with Crippen molar-refractivity contribution < 1.29 is 9.90 Å². The first-order valence-electron chi connectivity index (χ1n) is 6.40. The predicted molar refractivity (Wildman–Crippen MR) is 77.1 cm³/mol. The third kappa shape index (κ3) is 2.85. The SMILES string of the molecule is CCC[C@H](N)C(=O)Nc1cccc2c(O)cccc12. The normalized spacial score (nSPS) is 12.3. The van der Waals surface area contributed by atoms with E-state index in [0.29, 0.717) is 17.5 Å². The Kier molecular flexibility index (Phi) is 4.02. The average Bonchev–Trinajstić information content (AvgIpc) is 2.40. The number of aromatic hydroxyl groups is 1. The lowest BCUT2D eigenvalue weighted by atomic mass is 10.1. The van der Waals surface area contributed by atoms with Crippen LogP contribution in [-0.2, 0) is 4.79 Å². The summed E-state index contributed by atoms with van der Waals surface area (Å²) in [5, 5.41) is 14.1. The highest BCUT2D eigenvalue weighted by molar-refractivity contribution is 6.05. The van der Waals surface area contributed by atoms with E-state index in [0.717, 1.165) is 11.8 Å². The van der Waals surface area contributed by atoms with Crippen molar-refractivity contribution in [3.8, 4) is 5.75 Å². The maximum absolute atomic E-state index is 11.9. The number of fused-ring (bicyclic) bond motifs is 1. The van der Waals surface area contributed by atoms with Gasteiger partial charge in [0, 0.05) is 16.5 Å². The van der Waals surface area contributed by atoms with Crippen molar-refractivity contribution in [3.63, 3.8) is 0 Å². The Morgan fingerprint density at radius 2 is 1.95 bits per heavy atom. The number of phenols is 1. The van der Waals surface area contributed by atoms with Crippen molar-refractivity contribution in [1.29, 1.82) is 0 Å². The zero-order valence-corrected chi connectivity index (χ0v) is 10.9. The van der Waals surface area contributed by atoms with Crippen LogP contribution in [0.3, 0.4) is 0 Å². The quantitative estimate of drug-likeness (QED) is 0.789. The van der Waals surface area contributed by atoms with Gasteiger partial charge in [-0.3, -0.25) is 4.79 Å². The van der Waals surface area contributed by atoms with Crippen molar-refractivity contribution in [2.24, 2.45) is 5.73 Å². The molecule has 1 amide bonds. The fourth-order valence-electron chi connectivity index (χ4n) is 2.07. The maximum atomic E-state index is 11.9.